The highest BCUT2D eigenvalue weighted by molar-refractivity contribution is 8.13. The lowest BCUT2D eigenvalue weighted by Gasteiger charge is -2.13. The molecule has 0 saturated heterocycles. The maximum absolute atomic E-state index is 11.4. The summed E-state index contributed by atoms with van der Waals surface area (Å²) < 4.78 is 38.7. The molecule has 0 N–H and O–H groups in total. The Labute approximate surface area is 130 Å². The number of hydrogen-bond acceptors (Lipinski definition) is 5. The molecule has 0 amide bonds. The molecule has 0 heterocycles. The first-order valence-corrected chi connectivity index (χ1v) is 8.93. The lowest BCUT2D eigenvalue weighted by Crippen LogP contribution is -2.09. The first-order valence-electron chi connectivity index (χ1n) is 6.62. The van der Waals surface area contributed by atoms with Gasteiger partial charge in [0.15, 0.2) is 0 Å². The van der Waals surface area contributed by atoms with Gasteiger partial charge in [-0.1, -0.05) is 0 Å². The largest absolute Gasteiger partial charge is 0.491 e. The van der Waals surface area contributed by atoms with Crippen molar-refractivity contribution in [2.75, 3.05) is 33.5 Å². The first-order chi connectivity index (χ1) is 9.88. The highest BCUT2D eigenvalue weighted by Crippen LogP contribution is 2.28. The van der Waals surface area contributed by atoms with Crippen LogP contribution in [0.1, 0.15) is 17.5 Å². The lowest BCUT2D eigenvalue weighted by molar-refractivity contribution is 0.0804. The predicted molar refractivity (Wildman–Crippen MR) is 81.8 cm³/mol. The Balaban J connectivity index is 2.52. The van der Waals surface area contributed by atoms with Crippen LogP contribution in [-0.2, 0) is 18.5 Å². The van der Waals surface area contributed by atoms with Crippen molar-refractivity contribution >= 4 is 19.7 Å². The Kier molecular flexibility index (Phi) is 7.45. The zero-order valence-corrected chi connectivity index (χ0v) is 14.1. The summed E-state index contributed by atoms with van der Waals surface area (Å²) in [5, 5.41) is 0. The van der Waals surface area contributed by atoms with Gasteiger partial charge in [0.2, 0.25) is 0 Å². The Bertz CT molecular complexity index is 557. The minimum Gasteiger partial charge on any atom is -0.491 e. The fraction of sp³-hybridized carbons (Fsp3) is 0.571. The number of benzene rings is 1. The monoisotopic (exact) mass is 336 g/mol. The molecule has 0 spiro atoms. The van der Waals surface area contributed by atoms with E-state index in [0.29, 0.717) is 37.7 Å². The van der Waals surface area contributed by atoms with Gasteiger partial charge in [0.1, 0.15) is 12.4 Å². The van der Waals surface area contributed by atoms with E-state index >= 15 is 0 Å². The normalized spacial score (nSPS) is 11.6. The minimum atomic E-state index is -3.73. The van der Waals surface area contributed by atoms with Gasteiger partial charge < -0.3 is 14.2 Å². The van der Waals surface area contributed by atoms with Crippen LogP contribution in [0.15, 0.2) is 17.0 Å². The molecule has 0 saturated carbocycles. The van der Waals surface area contributed by atoms with Gasteiger partial charge in [-0.2, -0.15) is 0 Å². The van der Waals surface area contributed by atoms with Crippen molar-refractivity contribution in [2.24, 2.45) is 0 Å². The van der Waals surface area contributed by atoms with Crippen molar-refractivity contribution in [3.05, 3.63) is 23.3 Å². The summed E-state index contributed by atoms with van der Waals surface area (Å²) in [4.78, 5) is 0.116. The summed E-state index contributed by atoms with van der Waals surface area (Å²) in [5.41, 5.74) is 1.36. The van der Waals surface area contributed by atoms with Crippen LogP contribution in [0.2, 0.25) is 0 Å². The van der Waals surface area contributed by atoms with Gasteiger partial charge in [-0.3, -0.25) is 0 Å². The molecule has 1 rings (SSSR count). The minimum absolute atomic E-state index is 0.116. The second-order valence-electron chi connectivity index (χ2n) is 4.56. The number of rotatable bonds is 9. The van der Waals surface area contributed by atoms with E-state index in [9.17, 15) is 8.42 Å². The third-order valence-corrected chi connectivity index (χ3v) is 4.54. The van der Waals surface area contributed by atoms with Crippen molar-refractivity contribution in [2.45, 2.75) is 25.2 Å². The van der Waals surface area contributed by atoms with Crippen LogP contribution in [0.3, 0.4) is 0 Å². The second kappa shape index (κ2) is 8.58. The molecule has 1 aromatic rings. The van der Waals surface area contributed by atoms with Crippen molar-refractivity contribution in [1.82, 2.24) is 0 Å². The van der Waals surface area contributed by atoms with Crippen LogP contribution in [0.5, 0.6) is 5.75 Å². The number of methoxy groups -OCH3 is 1. The third-order valence-electron chi connectivity index (χ3n) is 3.07. The molecular formula is C14H21ClO5S. The Hall–Kier alpha value is -0.820. The molecule has 0 aliphatic carbocycles. The SMILES string of the molecule is COCCCOCCOc1ccc(S(=O)(=O)Cl)c(C)c1C. The highest BCUT2D eigenvalue weighted by Gasteiger charge is 2.16. The zero-order chi connectivity index (χ0) is 15.9. The van der Waals surface area contributed by atoms with E-state index in [2.05, 4.69) is 0 Å². The summed E-state index contributed by atoms with van der Waals surface area (Å²) in [6.07, 6.45) is 0.844. The Morgan fingerprint density at radius 3 is 2.38 bits per heavy atom. The van der Waals surface area contributed by atoms with Crippen LogP contribution in [-0.4, -0.2) is 42.0 Å². The molecular weight excluding hydrogens is 316 g/mol. The Morgan fingerprint density at radius 2 is 1.76 bits per heavy atom. The first kappa shape index (κ1) is 18.2. The quantitative estimate of drug-likeness (QED) is 0.512. The summed E-state index contributed by atoms with van der Waals surface area (Å²) >= 11 is 0. The van der Waals surface area contributed by atoms with Crippen LogP contribution in [0.25, 0.3) is 0 Å². The molecule has 120 valence electrons. The molecule has 0 bridgehead atoms. The van der Waals surface area contributed by atoms with E-state index in [1.807, 2.05) is 0 Å². The van der Waals surface area contributed by atoms with Crippen LogP contribution in [0, 0.1) is 13.8 Å². The number of halogens is 1. The second-order valence-corrected chi connectivity index (χ2v) is 7.09. The number of ether oxygens (including phenoxy) is 3. The molecule has 21 heavy (non-hydrogen) atoms. The maximum atomic E-state index is 11.4. The van der Waals surface area contributed by atoms with Gasteiger partial charge in [-0.05, 0) is 43.5 Å². The maximum Gasteiger partial charge on any atom is 0.261 e. The molecule has 0 fully saturated rings. The molecule has 0 radical (unpaired) electrons. The van der Waals surface area contributed by atoms with Crippen molar-refractivity contribution in [3.8, 4) is 5.75 Å². The topological polar surface area (TPSA) is 61.8 Å². The zero-order valence-electron chi connectivity index (χ0n) is 12.5. The lowest BCUT2D eigenvalue weighted by atomic mass is 10.1. The molecule has 0 aromatic heterocycles. The molecule has 0 atom stereocenters. The molecule has 7 heteroatoms. The van der Waals surface area contributed by atoms with Gasteiger partial charge in [0, 0.05) is 31.0 Å². The average Bonchev–Trinajstić information content (AvgIpc) is 2.41. The van der Waals surface area contributed by atoms with Crippen LogP contribution >= 0.6 is 10.7 Å². The van der Waals surface area contributed by atoms with E-state index in [1.54, 1.807) is 27.0 Å². The molecule has 0 unspecified atom stereocenters. The van der Waals surface area contributed by atoms with Gasteiger partial charge in [0.25, 0.3) is 9.05 Å². The summed E-state index contributed by atoms with van der Waals surface area (Å²) in [7, 11) is 3.30. The fourth-order valence-corrected chi connectivity index (χ4v) is 3.06. The summed E-state index contributed by atoms with van der Waals surface area (Å²) in [6, 6.07) is 3.07. The van der Waals surface area contributed by atoms with E-state index < -0.39 is 9.05 Å². The Morgan fingerprint density at radius 1 is 1.05 bits per heavy atom. The molecule has 5 nitrogen and oxygen atoms in total. The highest BCUT2D eigenvalue weighted by atomic mass is 35.7. The van der Waals surface area contributed by atoms with Crippen molar-refractivity contribution in [3.63, 3.8) is 0 Å². The summed E-state index contributed by atoms with van der Waals surface area (Å²) in [5.74, 6) is 0.636. The van der Waals surface area contributed by atoms with Crippen LogP contribution < -0.4 is 4.74 Å². The standard InChI is InChI=1S/C14H21ClO5S/c1-11-12(2)14(21(15,16)17)6-5-13(11)20-10-9-19-8-4-7-18-3/h5-6H,4,7-10H2,1-3H3. The molecule has 0 aliphatic rings. The molecule has 0 aliphatic heterocycles. The van der Waals surface area contributed by atoms with E-state index in [4.69, 9.17) is 24.9 Å². The average molecular weight is 337 g/mol. The van der Waals surface area contributed by atoms with Gasteiger partial charge in [0.05, 0.1) is 11.5 Å². The van der Waals surface area contributed by atoms with Gasteiger partial charge in [-0.25, -0.2) is 8.42 Å². The van der Waals surface area contributed by atoms with E-state index in [1.165, 1.54) is 6.07 Å². The smallest absolute Gasteiger partial charge is 0.261 e. The summed E-state index contributed by atoms with van der Waals surface area (Å²) in [6.45, 7) is 5.68. The third kappa shape index (κ3) is 5.82. The van der Waals surface area contributed by atoms with Gasteiger partial charge >= 0.3 is 0 Å². The molecule has 1 aromatic carbocycles. The predicted octanol–water partition coefficient (Wildman–Crippen LogP) is 2.66. The van der Waals surface area contributed by atoms with E-state index in [0.717, 1.165) is 12.0 Å². The fourth-order valence-electron chi connectivity index (χ4n) is 1.81. The number of hydrogen-bond donors (Lipinski definition) is 0. The van der Waals surface area contributed by atoms with Crippen molar-refractivity contribution in [1.29, 1.82) is 0 Å². The van der Waals surface area contributed by atoms with Gasteiger partial charge in [-0.15, -0.1) is 0 Å². The van der Waals surface area contributed by atoms with Crippen molar-refractivity contribution < 1.29 is 22.6 Å². The van der Waals surface area contributed by atoms with Crippen LogP contribution in [0.4, 0.5) is 0 Å². The van der Waals surface area contributed by atoms with E-state index in [-0.39, 0.29) is 4.90 Å².